The number of nitrogens with zero attached hydrogens (tertiary/aromatic N) is 3. The molecular formula is C25H29F4N3O3. The molecule has 1 aromatic rings. The van der Waals surface area contributed by atoms with Crippen molar-refractivity contribution in [2.45, 2.75) is 57.7 Å². The van der Waals surface area contributed by atoms with Crippen LogP contribution in [0.25, 0.3) is 0 Å². The normalized spacial score (nSPS) is 19.6. The maximum atomic E-state index is 14.4. The molecule has 2 amide bonds. The van der Waals surface area contributed by atoms with Crippen LogP contribution >= 0.6 is 0 Å². The van der Waals surface area contributed by atoms with E-state index in [0.717, 1.165) is 29.3 Å². The Kier molecular flexibility index (Phi) is 6.68. The van der Waals surface area contributed by atoms with Crippen LogP contribution in [0.2, 0.25) is 0 Å². The van der Waals surface area contributed by atoms with Crippen molar-refractivity contribution in [2.75, 3.05) is 32.7 Å². The second-order valence-corrected chi connectivity index (χ2v) is 10.2. The highest BCUT2D eigenvalue weighted by Gasteiger charge is 2.39. The molecule has 0 spiro atoms. The maximum Gasteiger partial charge on any atom is 0.416 e. The topological polar surface area (TPSA) is 62.2 Å². The molecule has 6 nitrogen and oxygen atoms in total. The number of ether oxygens (including phenoxy) is 1. The minimum Gasteiger partial charge on any atom is -0.444 e. The lowest BCUT2D eigenvalue weighted by molar-refractivity contribution is -0.139. The fourth-order valence-corrected chi connectivity index (χ4v) is 4.89. The van der Waals surface area contributed by atoms with Crippen LogP contribution in [-0.4, -0.2) is 65.8 Å². The van der Waals surface area contributed by atoms with E-state index in [-0.39, 0.29) is 43.9 Å². The quantitative estimate of drug-likeness (QED) is 0.546. The van der Waals surface area contributed by atoms with E-state index in [4.69, 9.17) is 4.74 Å². The molecule has 3 heterocycles. The van der Waals surface area contributed by atoms with Crippen LogP contribution in [0, 0.1) is 5.82 Å². The van der Waals surface area contributed by atoms with E-state index in [1.807, 2.05) is 0 Å². The van der Waals surface area contributed by atoms with E-state index in [1.165, 1.54) is 0 Å². The maximum absolute atomic E-state index is 14.4. The molecule has 0 bridgehead atoms. The van der Waals surface area contributed by atoms with Crippen molar-refractivity contribution >= 4 is 17.7 Å². The van der Waals surface area contributed by atoms with E-state index in [2.05, 4.69) is 4.99 Å². The zero-order valence-corrected chi connectivity index (χ0v) is 20.0. The van der Waals surface area contributed by atoms with Gasteiger partial charge in [-0.1, -0.05) is 6.07 Å². The van der Waals surface area contributed by atoms with Gasteiger partial charge < -0.3 is 14.5 Å². The monoisotopic (exact) mass is 495 g/mol. The summed E-state index contributed by atoms with van der Waals surface area (Å²) in [5.74, 6) is -1.80. The summed E-state index contributed by atoms with van der Waals surface area (Å²) >= 11 is 0. The zero-order valence-electron chi connectivity index (χ0n) is 20.0. The number of halogens is 4. The lowest BCUT2D eigenvalue weighted by atomic mass is 9.85. The van der Waals surface area contributed by atoms with Crippen LogP contribution in [0.1, 0.15) is 57.1 Å². The van der Waals surface area contributed by atoms with Crippen molar-refractivity contribution in [2.24, 2.45) is 4.99 Å². The van der Waals surface area contributed by atoms with Crippen molar-refractivity contribution in [3.05, 3.63) is 46.3 Å². The molecule has 4 rings (SSSR count). The van der Waals surface area contributed by atoms with Gasteiger partial charge in [-0.2, -0.15) is 13.2 Å². The summed E-state index contributed by atoms with van der Waals surface area (Å²) in [4.78, 5) is 33.3. The van der Waals surface area contributed by atoms with Gasteiger partial charge in [-0.05, 0) is 63.7 Å². The summed E-state index contributed by atoms with van der Waals surface area (Å²) < 4.78 is 60.2. The zero-order chi connectivity index (χ0) is 25.5. The van der Waals surface area contributed by atoms with Crippen LogP contribution in [-0.2, 0) is 15.7 Å². The number of benzene rings is 1. The summed E-state index contributed by atoms with van der Waals surface area (Å²) in [7, 11) is 0. The van der Waals surface area contributed by atoms with Gasteiger partial charge in [-0.25, -0.2) is 9.18 Å². The third kappa shape index (κ3) is 5.36. The Morgan fingerprint density at radius 2 is 1.74 bits per heavy atom. The molecule has 1 aromatic carbocycles. The van der Waals surface area contributed by atoms with Crippen molar-refractivity contribution < 1.29 is 31.9 Å². The molecule has 0 radical (unpaired) electrons. The van der Waals surface area contributed by atoms with Crippen molar-refractivity contribution in [3.8, 4) is 0 Å². The average molecular weight is 496 g/mol. The first-order valence-electron chi connectivity index (χ1n) is 11.7. The molecule has 3 aliphatic heterocycles. The van der Waals surface area contributed by atoms with Gasteiger partial charge in [0.1, 0.15) is 17.1 Å². The molecule has 1 saturated heterocycles. The molecule has 190 valence electrons. The smallest absolute Gasteiger partial charge is 0.416 e. The Balaban J connectivity index is 1.43. The Morgan fingerprint density at radius 3 is 2.37 bits per heavy atom. The lowest BCUT2D eigenvalue weighted by Gasteiger charge is -2.34. The van der Waals surface area contributed by atoms with Crippen LogP contribution in [0.4, 0.5) is 22.4 Å². The number of hydrogen-bond acceptors (Lipinski definition) is 4. The van der Waals surface area contributed by atoms with Crippen LogP contribution in [0.15, 0.2) is 34.3 Å². The third-order valence-electron chi connectivity index (χ3n) is 6.58. The van der Waals surface area contributed by atoms with Gasteiger partial charge in [-0.15, -0.1) is 0 Å². The van der Waals surface area contributed by atoms with Crippen molar-refractivity contribution in [1.29, 1.82) is 0 Å². The average Bonchev–Trinajstić information content (AvgIpc) is 3.20. The summed E-state index contributed by atoms with van der Waals surface area (Å²) in [6, 6.07) is 3.01. The molecule has 0 atom stereocenters. The first-order chi connectivity index (χ1) is 16.3. The van der Waals surface area contributed by atoms with Crippen molar-refractivity contribution in [1.82, 2.24) is 9.80 Å². The Morgan fingerprint density at radius 1 is 1.06 bits per heavy atom. The summed E-state index contributed by atoms with van der Waals surface area (Å²) in [5.41, 5.74) is 0.126. The molecule has 0 saturated carbocycles. The fraction of sp³-hybridized carbons (Fsp3) is 0.560. The molecule has 0 aliphatic carbocycles. The predicted octanol–water partition coefficient (Wildman–Crippen LogP) is 4.94. The first kappa shape index (κ1) is 25.2. The second kappa shape index (κ2) is 9.28. The van der Waals surface area contributed by atoms with Gasteiger partial charge in [0.25, 0.3) is 5.91 Å². The van der Waals surface area contributed by atoms with Crippen LogP contribution < -0.4 is 0 Å². The van der Waals surface area contributed by atoms with Gasteiger partial charge in [0, 0.05) is 30.8 Å². The minimum absolute atomic E-state index is 0.201. The number of alkyl halides is 3. The molecule has 0 unspecified atom stereocenters. The first-order valence-corrected chi connectivity index (χ1v) is 11.7. The van der Waals surface area contributed by atoms with Crippen LogP contribution in [0.3, 0.4) is 0 Å². The molecule has 0 N–H and O–H groups in total. The van der Waals surface area contributed by atoms with E-state index < -0.39 is 35.2 Å². The van der Waals surface area contributed by atoms with Gasteiger partial charge in [-0.3, -0.25) is 9.79 Å². The predicted molar refractivity (Wildman–Crippen MR) is 122 cm³/mol. The second-order valence-electron chi connectivity index (χ2n) is 10.2. The van der Waals surface area contributed by atoms with E-state index in [1.54, 1.807) is 30.6 Å². The van der Waals surface area contributed by atoms with Gasteiger partial charge >= 0.3 is 12.3 Å². The van der Waals surface area contributed by atoms with E-state index in [9.17, 15) is 27.2 Å². The van der Waals surface area contributed by atoms with E-state index in [0.29, 0.717) is 25.2 Å². The minimum atomic E-state index is -4.65. The van der Waals surface area contributed by atoms with Crippen molar-refractivity contribution in [3.63, 3.8) is 0 Å². The molecule has 1 fully saturated rings. The van der Waals surface area contributed by atoms with Gasteiger partial charge in [0.15, 0.2) is 0 Å². The van der Waals surface area contributed by atoms with Crippen LogP contribution in [0.5, 0.6) is 0 Å². The number of carbonyl (C=O) groups is 2. The SMILES string of the molecule is CC(C)(C)OC(=O)N1CCC2=C(C1)C(C(=O)N1CCC(c3c(F)cccc3C(F)(F)F)CC1)=NC2. The third-order valence-corrected chi connectivity index (χ3v) is 6.58. The Hall–Kier alpha value is -2.91. The number of hydrogen-bond donors (Lipinski definition) is 0. The standard InChI is InChI=1S/C25H29F4N3O3/c1-24(2,3)35-23(34)32-12-9-16-13-30-21(17(16)14-32)22(33)31-10-7-15(8-11-31)20-18(25(27,28)29)5-4-6-19(20)26/h4-6,15H,7-14H2,1-3H3. The Bertz CT molecular complexity index is 1080. The number of piperidine rings is 1. The molecule has 35 heavy (non-hydrogen) atoms. The number of rotatable bonds is 2. The molecule has 3 aliphatic rings. The summed E-state index contributed by atoms with van der Waals surface area (Å²) in [6.07, 6.45) is -4.05. The summed E-state index contributed by atoms with van der Waals surface area (Å²) in [5, 5.41) is 0. The number of likely N-dealkylation sites (tertiary alicyclic amines) is 1. The number of amides is 2. The number of aliphatic imine (C=N–C) groups is 1. The largest absolute Gasteiger partial charge is 0.444 e. The van der Waals surface area contributed by atoms with E-state index >= 15 is 0 Å². The molecular weight excluding hydrogens is 466 g/mol. The highest BCUT2D eigenvalue weighted by molar-refractivity contribution is 6.46. The lowest BCUT2D eigenvalue weighted by Crippen LogP contribution is -2.45. The van der Waals surface area contributed by atoms with Gasteiger partial charge in [0.2, 0.25) is 0 Å². The Labute approximate surface area is 201 Å². The number of carbonyl (C=O) groups excluding carboxylic acids is 2. The highest BCUT2D eigenvalue weighted by atomic mass is 19.4. The molecule has 10 heteroatoms. The summed E-state index contributed by atoms with van der Waals surface area (Å²) in [6.45, 7) is 6.88. The molecule has 0 aromatic heterocycles. The van der Waals surface area contributed by atoms with Gasteiger partial charge in [0.05, 0.1) is 18.7 Å². The highest BCUT2D eigenvalue weighted by Crippen LogP contribution is 2.40. The fourth-order valence-electron chi connectivity index (χ4n) is 4.89.